The van der Waals surface area contributed by atoms with Crippen molar-refractivity contribution in [3.8, 4) is 11.8 Å². The number of amidine groups is 1. The predicted octanol–water partition coefficient (Wildman–Crippen LogP) is 1.80. The Morgan fingerprint density at radius 1 is 1.33 bits per heavy atom. The number of nitrogens with two attached hydrogens (primary N) is 1. The number of ether oxygens (including phenoxy) is 2. The lowest BCUT2D eigenvalue weighted by Crippen LogP contribution is -2.56. The zero-order valence-corrected chi connectivity index (χ0v) is 24.6. The van der Waals surface area contributed by atoms with Crippen molar-refractivity contribution in [2.24, 2.45) is 21.7 Å². The van der Waals surface area contributed by atoms with E-state index in [4.69, 9.17) is 24.3 Å². The summed E-state index contributed by atoms with van der Waals surface area (Å²) in [6.45, 7) is 5.12. The molecule has 0 bridgehead atoms. The highest BCUT2D eigenvalue weighted by atomic mass is 31.2. The third kappa shape index (κ3) is 6.52. The molecule has 0 saturated carbocycles. The van der Waals surface area contributed by atoms with Crippen molar-refractivity contribution in [2.75, 3.05) is 13.2 Å². The number of para-hydroxylation sites is 1. The van der Waals surface area contributed by atoms with Gasteiger partial charge in [-0.05, 0) is 31.4 Å². The Labute approximate surface area is 244 Å². The van der Waals surface area contributed by atoms with Crippen LogP contribution in [-0.4, -0.2) is 82.6 Å². The first kappa shape index (κ1) is 31.6. The van der Waals surface area contributed by atoms with Crippen LogP contribution in [-0.2, 0) is 23.4 Å². The quantitative estimate of drug-likeness (QED) is 0.188. The van der Waals surface area contributed by atoms with E-state index in [1.165, 1.54) is 18.3 Å². The Hall–Kier alpha value is -3.31. The predicted molar refractivity (Wildman–Crippen MR) is 152 cm³/mol. The smallest absolute Gasteiger partial charge is 0.459 e. The number of fused-ring (bicyclic) bond motifs is 1. The lowest BCUT2D eigenvalue weighted by molar-refractivity contribution is -0.146. The summed E-state index contributed by atoms with van der Waals surface area (Å²) in [5, 5.41) is 40.3. The zero-order chi connectivity index (χ0) is 30.5. The Kier molecular flexibility index (Phi) is 10.0. The van der Waals surface area contributed by atoms with Crippen LogP contribution in [0.25, 0.3) is 0 Å². The maximum Gasteiger partial charge on any atom is 0.459 e. The molecule has 0 spiro atoms. The van der Waals surface area contributed by atoms with Crippen LogP contribution >= 0.6 is 7.75 Å². The van der Waals surface area contributed by atoms with Gasteiger partial charge in [0.25, 0.3) is 0 Å². The van der Waals surface area contributed by atoms with E-state index in [2.05, 4.69) is 15.2 Å². The molecule has 0 radical (unpaired) electrons. The Bertz CT molecular complexity index is 1300. The second kappa shape index (κ2) is 13.3. The maximum atomic E-state index is 13.9. The van der Waals surface area contributed by atoms with Gasteiger partial charge in [-0.25, -0.2) is 9.56 Å². The highest BCUT2D eigenvalue weighted by molar-refractivity contribution is 7.52. The number of carbonyl (C=O) groups is 1. The normalized spacial score (nSPS) is 28.8. The molecule has 0 amide bonds. The summed E-state index contributed by atoms with van der Waals surface area (Å²) in [7, 11) is -4.30. The lowest BCUT2D eigenvalue weighted by Gasteiger charge is -2.36. The number of nitriles is 1. The fourth-order valence-electron chi connectivity index (χ4n) is 4.96. The Balaban J connectivity index is 1.48. The van der Waals surface area contributed by atoms with Crippen LogP contribution in [0.15, 0.2) is 52.2 Å². The number of carbonyl (C=O) groups excluding carboxylic acids is 1. The molecule has 5 N–H and O–H groups in total. The molecule has 1 aromatic rings. The Morgan fingerprint density at radius 3 is 2.71 bits per heavy atom. The van der Waals surface area contributed by atoms with Crippen molar-refractivity contribution < 1.29 is 38.1 Å². The van der Waals surface area contributed by atoms with Crippen LogP contribution in [0.2, 0.25) is 0 Å². The highest BCUT2D eigenvalue weighted by Crippen LogP contribution is 2.47. The van der Waals surface area contributed by atoms with Gasteiger partial charge in [0.1, 0.15) is 48.6 Å². The van der Waals surface area contributed by atoms with Gasteiger partial charge >= 0.3 is 13.7 Å². The summed E-state index contributed by atoms with van der Waals surface area (Å²) < 4.78 is 36.6. The molecule has 7 atom stereocenters. The summed E-state index contributed by atoms with van der Waals surface area (Å²) in [4.78, 5) is 16.6. The first-order valence-electron chi connectivity index (χ1n) is 13.8. The molecule has 3 aliphatic heterocycles. The molecule has 1 aromatic carbocycles. The molecule has 228 valence electrons. The first-order valence-corrected chi connectivity index (χ1v) is 15.4. The third-order valence-corrected chi connectivity index (χ3v) is 9.21. The van der Waals surface area contributed by atoms with Crippen molar-refractivity contribution in [1.82, 2.24) is 10.1 Å². The number of benzene rings is 1. The second-order valence-electron chi connectivity index (χ2n) is 10.3. The van der Waals surface area contributed by atoms with Crippen LogP contribution in [0, 0.1) is 17.2 Å². The molecule has 15 heteroatoms. The Morgan fingerprint density at radius 2 is 2.05 bits per heavy atom. The maximum absolute atomic E-state index is 13.9. The van der Waals surface area contributed by atoms with Gasteiger partial charge in [-0.3, -0.25) is 14.3 Å². The summed E-state index contributed by atoms with van der Waals surface area (Å²) in [5.41, 5.74) is 4.45. The summed E-state index contributed by atoms with van der Waals surface area (Å²) in [5.74, 6) is -0.0702. The number of aliphatic imine (C=N–C) groups is 1. The van der Waals surface area contributed by atoms with Crippen LogP contribution in [0.1, 0.15) is 40.0 Å². The van der Waals surface area contributed by atoms with Crippen LogP contribution < -0.4 is 15.3 Å². The van der Waals surface area contributed by atoms with Gasteiger partial charge in [0.15, 0.2) is 5.84 Å². The molecule has 1 saturated heterocycles. The zero-order valence-electron chi connectivity index (χ0n) is 23.7. The minimum Gasteiger partial charge on any atom is -0.464 e. The molecule has 3 aliphatic rings. The summed E-state index contributed by atoms with van der Waals surface area (Å²) in [6.07, 6.45) is 0.263. The van der Waals surface area contributed by atoms with Gasteiger partial charge in [0, 0.05) is 0 Å². The number of nitrogens with zero attached hydrogens (tertiary/aromatic N) is 4. The van der Waals surface area contributed by atoms with Gasteiger partial charge in [0.05, 0.1) is 18.9 Å². The molecule has 3 heterocycles. The number of aliphatic hydroxyl groups is 2. The molecule has 1 unspecified atom stereocenters. The average Bonchev–Trinajstić information content (AvgIpc) is 3.53. The number of hydrazone groups is 1. The average molecular weight is 605 g/mol. The van der Waals surface area contributed by atoms with Gasteiger partial charge in [-0.1, -0.05) is 51.0 Å². The van der Waals surface area contributed by atoms with Crippen LogP contribution in [0.5, 0.6) is 5.75 Å². The van der Waals surface area contributed by atoms with E-state index in [-0.39, 0.29) is 30.5 Å². The number of esters is 1. The van der Waals surface area contributed by atoms with Crippen molar-refractivity contribution in [2.45, 2.75) is 76.0 Å². The molecule has 14 nitrogen and oxygen atoms in total. The van der Waals surface area contributed by atoms with Crippen LogP contribution in [0.3, 0.4) is 0 Å². The fraction of sp³-hybridized carbons (Fsp3) is 0.556. The van der Waals surface area contributed by atoms with Gasteiger partial charge in [-0.2, -0.15) is 15.5 Å². The molecule has 4 rings (SSSR count). The van der Waals surface area contributed by atoms with Crippen molar-refractivity contribution in [1.29, 1.82) is 5.26 Å². The topological polar surface area (TPSA) is 201 Å². The standard InChI is InChI=1S/C27H37N6O8P/c1-4-18(5-2)13-38-26(36)17(3)32-42(37,41-19-9-7-6-8-10-19)39-14-21-23(34)24(35)27(15-28,40-21)22-12-11-20-25(29)30-16-31-33(20)22/h6-11,16-18,21-24,34-35H,4-5,12-14H2,1-3H3,(H,32,37)(H2,29,30,31)/t17-,21+,22?,23+,24+,27-,42-/m0/s1. The highest BCUT2D eigenvalue weighted by Gasteiger charge is 2.62. The number of rotatable bonds is 13. The number of aliphatic hydroxyl groups excluding tert-OH is 2. The van der Waals surface area contributed by atoms with E-state index >= 15 is 0 Å². The molecule has 0 aromatic heterocycles. The number of hydrogen-bond acceptors (Lipinski definition) is 13. The SMILES string of the molecule is CCC(CC)COC(=O)[C@H](C)N[P@](=O)(OC[C@H]1O[C@@](C#N)(C2CC=C3C(N)=NC=NN32)[C@H](O)[C@@H]1O)Oc1ccccc1. The molecule has 0 aliphatic carbocycles. The second-order valence-corrected chi connectivity index (χ2v) is 12.0. The fourth-order valence-corrected chi connectivity index (χ4v) is 6.46. The molecule has 1 fully saturated rings. The van der Waals surface area contributed by atoms with E-state index in [1.807, 2.05) is 19.9 Å². The van der Waals surface area contributed by atoms with Crippen molar-refractivity contribution in [3.63, 3.8) is 0 Å². The molecular weight excluding hydrogens is 567 g/mol. The number of hydrogen-bond donors (Lipinski definition) is 4. The third-order valence-electron chi connectivity index (χ3n) is 7.57. The van der Waals surface area contributed by atoms with Crippen molar-refractivity contribution in [3.05, 3.63) is 42.1 Å². The van der Waals surface area contributed by atoms with E-state index < -0.39 is 56.3 Å². The summed E-state index contributed by atoms with van der Waals surface area (Å²) in [6, 6.07) is 8.25. The lowest BCUT2D eigenvalue weighted by atomic mass is 9.87. The van der Waals surface area contributed by atoms with Gasteiger partial charge in [0.2, 0.25) is 5.60 Å². The van der Waals surface area contributed by atoms with Gasteiger partial charge < -0.3 is 29.9 Å². The molecular formula is C27H37N6O8P. The first-order chi connectivity index (χ1) is 20.1. The number of nitrogens with one attached hydrogen (secondary N) is 1. The van der Waals surface area contributed by atoms with E-state index in [1.54, 1.807) is 36.4 Å². The van der Waals surface area contributed by atoms with E-state index in [0.717, 1.165) is 12.8 Å². The van der Waals surface area contributed by atoms with E-state index in [0.29, 0.717) is 5.70 Å². The van der Waals surface area contributed by atoms with Crippen molar-refractivity contribution >= 4 is 25.9 Å². The molecule has 42 heavy (non-hydrogen) atoms. The summed E-state index contributed by atoms with van der Waals surface area (Å²) >= 11 is 0. The van der Waals surface area contributed by atoms with Crippen LogP contribution in [0.4, 0.5) is 0 Å². The monoisotopic (exact) mass is 604 g/mol. The minimum atomic E-state index is -4.30. The van der Waals surface area contributed by atoms with Gasteiger partial charge in [-0.15, -0.1) is 0 Å². The van der Waals surface area contributed by atoms with E-state index in [9.17, 15) is 24.8 Å². The minimum absolute atomic E-state index is 0.186. The largest absolute Gasteiger partial charge is 0.464 e.